The molecule has 0 aliphatic carbocycles. The first-order valence-electron chi connectivity index (χ1n) is 5.11. The van der Waals surface area contributed by atoms with E-state index in [-0.39, 0.29) is 6.61 Å². The Morgan fingerprint density at radius 2 is 2.00 bits per heavy atom. The smallest absolute Gasteiger partial charge is 0.123 e. The summed E-state index contributed by atoms with van der Waals surface area (Å²) >= 11 is 5.06. The lowest BCUT2D eigenvalue weighted by atomic mass is 10.2. The molecule has 0 aliphatic heterocycles. The van der Waals surface area contributed by atoms with Crippen molar-refractivity contribution < 1.29 is 5.11 Å². The van der Waals surface area contributed by atoms with E-state index in [4.69, 9.17) is 5.11 Å². The van der Waals surface area contributed by atoms with E-state index in [9.17, 15) is 0 Å². The Bertz CT molecular complexity index is 452. The lowest BCUT2D eigenvalue weighted by molar-refractivity contribution is 0.288. The second-order valence-electron chi connectivity index (χ2n) is 3.48. The summed E-state index contributed by atoms with van der Waals surface area (Å²) in [6, 6.07) is 8.14. The second-order valence-corrected chi connectivity index (χ2v) is 5.25. The standard InChI is InChI=1S/C12H12BrNOS/c13-10-5-3-9(4-6-10)12-14-11(8-16-12)2-1-7-15/h3-6,8,15H,1-2,7H2. The first-order valence-corrected chi connectivity index (χ1v) is 6.78. The summed E-state index contributed by atoms with van der Waals surface area (Å²) in [4.78, 5) is 4.54. The molecule has 2 rings (SSSR count). The molecule has 0 fully saturated rings. The molecule has 2 aromatic rings. The molecule has 0 unspecified atom stereocenters. The Kier molecular flexibility index (Phi) is 4.09. The Balaban J connectivity index is 2.15. The van der Waals surface area contributed by atoms with Crippen LogP contribution >= 0.6 is 27.3 Å². The predicted octanol–water partition coefficient (Wildman–Crippen LogP) is 3.50. The summed E-state index contributed by atoms with van der Waals surface area (Å²) in [5.74, 6) is 0. The maximum absolute atomic E-state index is 8.75. The first kappa shape index (κ1) is 11.8. The van der Waals surface area contributed by atoms with Crippen molar-refractivity contribution in [2.24, 2.45) is 0 Å². The fourth-order valence-corrected chi connectivity index (χ4v) is 2.53. The van der Waals surface area contributed by atoms with Gasteiger partial charge in [0.15, 0.2) is 0 Å². The minimum absolute atomic E-state index is 0.227. The molecular formula is C12H12BrNOS. The largest absolute Gasteiger partial charge is 0.396 e. The Hall–Kier alpha value is -0.710. The highest BCUT2D eigenvalue weighted by molar-refractivity contribution is 9.10. The van der Waals surface area contributed by atoms with Crippen molar-refractivity contribution in [3.63, 3.8) is 0 Å². The number of thiazole rings is 1. The zero-order valence-electron chi connectivity index (χ0n) is 8.69. The zero-order valence-corrected chi connectivity index (χ0v) is 11.1. The molecule has 4 heteroatoms. The molecule has 1 heterocycles. The quantitative estimate of drug-likeness (QED) is 0.937. The van der Waals surface area contributed by atoms with Crippen molar-refractivity contribution in [2.45, 2.75) is 12.8 Å². The lowest BCUT2D eigenvalue weighted by Gasteiger charge is -1.96. The third-order valence-corrected chi connectivity index (χ3v) is 3.70. The van der Waals surface area contributed by atoms with Crippen molar-refractivity contribution in [1.29, 1.82) is 0 Å². The third-order valence-electron chi connectivity index (χ3n) is 2.23. The van der Waals surface area contributed by atoms with Gasteiger partial charge in [-0.3, -0.25) is 0 Å². The van der Waals surface area contributed by atoms with E-state index in [2.05, 4.69) is 38.4 Å². The van der Waals surface area contributed by atoms with Crippen LogP contribution in [0.5, 0.6) is 0 Å². The second kappa shape index (κ2) is 5.57. The van der Waals surface area contributed by atoms with Crippen LogP contribution in [0, 0.1) is 0 Å². The Morgan fingerprint density at radius 1 is 1.25 bits per heavy atom. The molecule has 1 aromatic carbocycles. The number of nitrogens with zero attached hydrogens (tertiary/aromatic N) is 1. The minimum Gasteiger partial charge on any atom is -0.396 e. The van der Waals surface area contributed by atoms with Gasteiger partial charge in [0.1, 0.15) is 5.01 Å². The van der Waals surface area contributed by atoms with Gasteiger partial charge >= 0.3 is 0 Å². The number of rotatable bonds is 4. The number of aryl methyl sites for hydroxylation is 1. The first-order chi connectivity index (χ1) is 7.79. The van der Waals surface area contributed by atoms with E-state index >= 15 is 0 Å². The highest BCUT2D eigenvalue weighted by atomic mass is 79.9. The summed E-state index contributed by atoms with van der Waals surface area (Å²) in [6.45, 7) is 0.227. The van der Waals surface area contributed by atoms with Gasteiger partial charge in [-0.25, -0.2) is 4.98 Å². The maximum Gasteiger partial charge on any atom is 0.123 e. The number of halogens is 1. The highest BCUT2D eigenvalue weighted by Gasteiger charge is 2.04. The molecule has 0 spiro atoms. The number of benzene rings is 1. The van der Waals surface area contributed by atoms with Crippen LogP contribution < -0.4 is 0 Å². The average Bonchev–Trinajstić information content (AvgIpc) is 2.76. The Labute approximate surface area is 107 Å². The molecule has 16 heavy (non-hydrogen) atoms. The number of aliphatic hydroxyl groups is 1. The fourth-order valence-electron chi connectivity index (χ4n) is 1.41. The van der Waals surface area contributed by atoms with Gasteiger partial charge in [0.2, 0.25) is 0 Å². The highest BCUT2D eigenvalue weighted by Crippen LogP contribution is 2.25. The predicted molar refractivity (Wildman–Crippen MR) is 70.7 cm³/mol. The van der Waals surface area contributed by atoms with Crippen LogP contribution in [0.25, 0.3) is 10.6 Å². The summed E-state index contributed by atoms with van der Waals surface area (Å²) in [6.07, 6.45) is 1.63. The van der Waals surface area contributed by atoms with Crippen molar-refractivity contribution >= 4 is 27.3 Å². The molecule has 1 aromatic heterocycles. The summed E-state index contributed by atoms with van der Waals surface area (Å²) in [7, 11) is 0. The van der Waals surface area contributed by atoms with E-state index in [1.165, 1.54) is 0 Å². The van der Waals surface area contributed by atoms with E-state index in [1.807, 2.05) is 12.1 Å². The topological polar surface area (TPSA) is 33.1 Å². The third kappa shape index (κ3) is 2.90. The van der Waals surface area contributed by atoms with Crippen LogP contribution in [0.1, 0.15) is 12.1 Å². The van der Waals surface area contributed by atoms with E-state index < -0.39 is 0 Å². The molecule has 0 atom stereocenters. The zero-order chi connectivity index (χ0) is 11.4. The minimum atomic E-state index is 0.227. The number of aliphatic hydroxyl groups excluding tert-OH is 1. The molecular weight excluding hydrogens is 286 g/mol. The molecule has 0 bridgehead atoms. The van der Waals surface area contributed by atoms with Crippen molar-refractivity contribution in [1.82, 2.24) is 4.98 Å². The van der Waals surface area contributed by atoms with Crippen LogP contribution in [-0.2, 0) is 6.42 Å². The normalized spacial score (nSPS) is 10.6. The summed E-state index contributed by atoms with van der Waals surface area (Å²) in [5.41, 5.74) is 2.21. The van der Waals surface area contributed by atoms with Gasteiger partial charge in [0.25, 0.3) is 0 Å². The molecule has 0 saturated heterocycles. The van der Waals surface area contributed by atoms with Crippen LogP contribution in [0.4, 0.5) is 0 Å². The Morgan fingerprint density at radius 3 is 2.69 bits per heavy atom. The van der Waals surface area contributed by atoms with Gasteiger partial charge in [-0.15, -0.1) is 11.3 Å². The van der Waals surface area contributed by atoms with Crippen molar-refractivity contribution in [2.75, 3.05) is 6.61 Å². The summed E-state index contributed by atoms with van der Waals surface area (Å²) in [5, 5.41) is 11.9. The van der Waals surface area contributed by atoms with E-state index in [1.54, 1.807) is 11.3 Å². The van der Waals surface area contributed by atoms with Crippen molar-refractivity contribution in [3.05, 3.63) is 39.8 Å². The van der Waals surface area contributed by atoms with Gasteiger partial charge in [-0.05, 0) is 25.0 Å². The van der Waals surface area contributed by atoms with Gasteiger partial charge < -0.3 is 5.11 Å². The van der Waals surface area contributed by atoms with Crippen LogP contribution in [0.15, 0.2) is 34.1 Å². The molecule has 0 radical (unpaired) electrons. The van der Waals surface area contributed by atoms with Gasteiger partial charge in [-0.1, -0.05) is 28.1 Å². The molecule has 0 saturated carbocycles. The van der Waals surface area contributed by atoms with Gasteiger partial charge in [0, 0.05) is 22.0 Å². The monoisotopic (exact) mass is 297 g/mol. The van der Waals surface area contributed by atoms with Crippen LogP contribution in [0.3, 0.4) is 0 Å². The maximum atomic E-state index is 8.75. The molecule has 84 valence electrons. The molecule has 0 amide bonds. The average molecular weight is 298 g/mol. The van der Waals surface area contributed by atoms with E-state index in [0.717, 1.165) is 33.6 Å². The molecule has 1 N–H and O–H groups in total. The number of aromatic nitrogens is 1. The SMILES string of the molecule is OCCCc1csc(-c2ccc(Br)cc2)n1. The number of hydrogen-bond donors (Lipinski definition) is 1. The lowest BCUT2D eigenvalue weighted by Crippen LogP contribution is -1.89. The van der Waals surface area contributed by atoms with Crippen LogP contribution in [-0.4, -0.2) is 16.7 Å². The fraction of sp³-hybridized carbons (Fsp3) is 0.250. The van der Waals surface area contributed by atoms with E-state index in [0.29, 0.717) is 0 Å². The molecule has 0 aliphatic rings. The van der Waals surface area contributed by atoms with Gasteiger partial charge in [-0.2, -0.15) is 0 Å². The van der Waals surface area contributed by atoms with Crippen LogP contribution in [0.2, 0.25) is 0 Å². The van der Waals surface area contributed by atoms with Crippen molar-refractivity contribution in [3.8, 4) is 10.6 Å². The number of hydrogen-bond acceptors (Lipinski definition) is 3. The summed E-state index contributed by atoms with van der Waals surface area (Å²) < 4.78 is 1.08. The van der Waals surface area contributed by atoms with Gasteiger partial charge in [0.05, 0.1) is 5.69 Å². The molecule has 2 nitrogen and oxygen atoms in total.